The van der Waals surface area contributed by atoms with Gasteiger partial charge in [-0.15, -0.1) is 0 Å². The summed E-state index contributed by atoms with van der Waals surface area (Å²) in [6, 6.07) is 6.35. The Hall–Kier alpha value is -1.02. The molecule has 0 atom stereocenters. The number of hydrogen-bond donors (Lipinski definition) is 1. The van der Waals surface area contributed by atoms with Crippen LogP contribution in [0.1, 0.15) is 31.4 Å². The van der Waals surface area contributed by atoms with Crippen LogP contribution >= 0.6 is 0 Å². The Balaban J connectivity index is 2.49. The number of nitrogens with two attached hydrogens (primary N) is 1. The molecule has 0 aliphatic rings. The number of nitrogens with zero attached hydrogens (tertiary/aromatic N) is 1. The van der Waals surface area contributed by atoms with Crippen molar-refractivity contribution in [1.82, 2.24) is 4.90 Å². The zero-order chi connectivity index (χ0) is 12.1. The number of aryl methyl sites for hydroxylation is 1. The molecule has 2 N–H and O–H groups in total. The fraction of sp³-hybridized carbons (Fsp3) is 0.571. The summed E-state index contributed by atoms with van der Waals surface area (Å²) in [4.78, 5) is 2.35. The van der Waals surface area contributed by atoms with Gasteiger partial charge >= 0.3 is 0 Å². The van der Waals surface area contributed by atoms with Crippen LogP contribution in [0.15, 0.2) is 18.2 Å². The maximum Gasteiger partial charge on any atom is 0.0346 e. The van der Waals surface area contributed by atoms with Crippen LogP contribution in [-0.4, -0.2) is 18.5 Å². The monoisotopic (exact) mass is 220 g/mol. The van der Waals surface area contributed by atoms with Gasteiger partial charge in [0.25, 0.3) is 0 Å². The average Bonchev–Trinajstić information content (AvgIpc) is 2.21. The van der Waals surface area contributed by atoms with Crippen molar-refractivity contribution >= 4 is 5.69 Å². The molecule has 0 saturated carbocycles. The van der Waals surface area contributed by atoms with Gasteiger partial charge in [-0.05, 0) is 50.0 Å². The molecule has 0 aliphatic heterocycles. The molecule has 2 nitrogen and oxygen atoms in total. The van der Waals surface area contributed by atoms with Gasteiger partial charge in [0.1, 0.15) is 0 Å². The van der Waals surface area contributed by atoms with Crippen LogP contribution in [0.5, 0.6) is 0 Å². The maximum atomic E-state index is 5.90. The van der Waals surface area contributed by atoms with Crippen molar-refractivity contribution < 1.29 is 0 Å². The summed E-state index contributed by atoms with van der Waals surface area (Å²) in [5.41, 5.74) is 9.26. The molecule has 0 unspecified atom stereocenters. The number of anilines is 1. The predicted molar refractivity (Wildman–Crippen MR) is 71.4 cm³/mol. The Labute approximate surface area is 99.5 Å². The molecule has 0 heterocycles. The van der Waals surface area contributed by atoms with Crippen LogP contribution in [0, 0.1) is 12.8 Å². The van der Waals surface area contributed by atoms with Crippen LogP contribution in [-0.2, 0) is 6.54 Å². The predicted octanol–water partition coefficient (Wildman–Crippen LogP) is 3.06. The largest absolute Gasteiger partial charge is 0.399 e. The van der Waals surface area contributed by atoms with Crippen molar-refractivity contribution in [3.8, 4) is 0 Å². The summed E-state index contributed by atoms with van der Waals surface area (Å²) in [5.74, 6) is 0.769. The van der Waals surface area contributed by atoms with E-state index in [4.69, 9.17) is 5.73 Å². The van der Waals surface area contributed by atoms with E-state index >= 15 is 0 Å². The molecule has 16 heavy (non-hydrogen) atoms. The highest BCUT2D eigenvalue weighted by Crippen LogP contribution is 2.14. The molecule has 1 rings (SSSR count). The maximum absolute atomic E-state index is 5.90. The zero-order valence-corrected chi connectivity index (χ0v) is 11.0. The van der Waals surface area contributed by atoms with Gasteiger partial charge in [0, 0.05) is 12.2 Å². The first-order valence-corrected chi connectivity index (χ1v) is 6.02. The highest BCUT2D eigenvalue weighted by molar-refractivity contribution is 5.48. The zero-order valence-electron chi connectivity index (χ0n) is 11.0. The summed E-state index contributed by atoms with van der Waals surface area (Å²) in [6.07, 6.45) is 1.25. The minimum atomic E-state index is 0.769. The van der Waals surface area contributed by atoms with Crippen LogP contribution < -0.4 is 5.73 Å². The van der Waals surface area contributed by atoms with Crippen LogP contribution in [0.2, 0.25) is 0 Å². The van der Waals surface area contributed by atoms with E-state index < -0.39 is 0 Å². The third kappa shape index (κ3) is 4.23. The van der Waals surface area contributed by atoms with Gasteiger partial charge in [-0.1, -0.05) is 26.0 Å². The second-order valence-corrected chi connectivity index (χ2v) is 5.11. The van der Waals surface area contributed by atoms with Gasteiger partial charge in [-0.2, -0.15) is 0 Å². The van der Waals surface area contributed by atoms with E-state index in [0.29, 0.717) is 0 Å². The summed E-state index contributed by atoms with van der Waals surface area (Å²) in [7, 11) is 2.17. The normalized spacial score (nSPS) is 11.4. The van der Waals surface area contributed by atoms with Crippen molar-refractivity contribution in [1.29, 1.82) is 0 Å². The molecule has 0 aromatic heterocycles. The van der Waals surface area contributed by atoms with E-state index in [1.807, 2.05) is 6.92 Å². The number of benzene rings is 1. The molecule has 1 aromatic rings. The molecule has 0 spiro atoms. The molecule has 0 saturated heterocycles. The number of hydrogen-bond acceptors (Lipinski definition) is 2. The van der Waals surface area contributed by atoms with Crippen molar-refractivity contribution in [3.63, 3.8) is 0 Å². The molecular formula is C14H24N2. The molecule has 0 radical (unpaired) electrons. The van der Waals surface area contributed by atoms with Crippen LogP contribution in [0.25, 0.3) is 0 Å². The second-order valence-electron chi connectivity index (χ2n) is 5.11. The van der Waals surface area contributed by atoms with Gasteiger partial charge in [-0.3, -0.25) is 0 Å². The Bertz CT molecular complexity index is 332. The molecule has 0 fully saturated rings. The standard InChI is InChI=1S/C14H24N2/c1-11(2)7-8-16(4)10-13-6-5-12(3)14(15)9-13/h5-6,9,11H,7-8,10,15H2,1-4H3. The van der Waals surface area contributed by atoms with E-state index in [-0.39, 0.29) is 0 Å². The fourth-order valence-electron chi connectivity index (χ4n) is 1.66. The lowest BCUT2D eigenvalue weighted by molar-refractivity contribution is 0.303. The number of rotatable bonds is 5. The quantitative estimate of drug-likeness (QED) is 0.773. The lowest BCUT2D eigenvalue weighted by Gasteiger charge is -2.18. The van der Waals surface area contributed by atoms with Gasteiger partial charge in [0.15, 0.2) is 0 Å². The van der Waals surface area contributed by atoms with E-state index in [1.54, 1.807) is 0 Å². The fourth-order valence-corrected chi connectivity index (χ4v) is 1.66. The lowest BCUT2D eigenvalue weighted by atomic mass is 10.1. The first-order chi connectivity index (χ1) is 7.49. The highest BCUT2D eigenvalue weighted by atomic mass is 15.1. The van der Waals surface area contributed by atoms with Crippen molar-refractivity contribution in [3.05, 3.63) is 29.3 Å². The molecular weight excluding hydrogens is 196 g/mol. The summed E-state index contributed by atoms with van der Waals surface area (Å²) < 4.78 is 0. The smallest absolute Gasteiger partial charge is 0.0346 e. The van der Waals surface area contributed by atoms with E-state index in [1.165, 1.54) is 12.0 Å². The third-order valence-corrected chi connectivity index (χ3v) is 2.88. The highest BCUT2D eigenvalue weighted by Gasteiger charge is 2.03. The van der Waals surface area contributed by atoms with Crippen molar-refractivity contribution in [2.45, 2.75) is 33.7 Å². The minimum Gasteiger partial charge on any atom is -0.399 e. The summed E-state index contributed by atoms with van der Waals surface area (Å²) in [6.45, 7) is 8.69. The number of nitrogen functional groups attached to an aromatic ring is 1. The minimum absolute atomic E-state index is 0.769. The van der Waals surface area contributed by atoms with Crippen LogP contribution in [0.4, 0.5) is 5.69 Å². The molecule has 0 amide bonds. The van der Waals surface area contributed by atoms with Gasteiger partial charge in [0.05, 0.1) is 0 Å². The first-order valence-electron chi connectivity index (χ1n) is 6.02. The molecule has 2 heteroatoms. The molecule has 0 bridgehead atoms. The van der Waals surface area contributed by atoms with Crippen molar-refractivity contribution in [2.75, 3.05) is 19.3 Å². The average molecular weight is 220 g/mol. The van der Waals surface area contributed by atoms with Gasteiger partial charge < -0.3 is 10.6 Å². The molecule has 0 aliphatic carbocycles. The first kappa shape index (κ1) is 13.0. The summed E-state index contributed by atoms with van der Waals surface area (Å²) >= 11 is 0. The van der Waals surface area contributed by atoms with E-state index in [2.05, 4.69) is 44.0 Å². The third-order valence-electron chi connectivity index (χ3n) is 2.88. The van der Waals surface area contributed by atoms with Gasteiger partial charge in [-0.25, -0.2) is 0 Å². The Kier molecular flexibility index (Phi) is 4.81. The SMILES string of the molecule is Cc1ccc(CN(C)CCC(C)C)cc1N. The molecule has 1 aromatic carbocycles. The Morgan fingerprint density at radius 1 is 1.31 bits per heavy atom. The lowest BCUT2D eigenvalue weighted by Crippen LogP contribution is -2.20. The topological polar surface area (TPSA) is 29.3 Å². The Morgan fingerprint density at radius 3 is 2.56 bits per heavy atom. The van der Waals surface area contributed by atoms with E-state index in [0.717, 1.165) is 30.3 Å². The summed E-state index contributed by atoms with van der Waals surface area (Å²) in [5, 5.41) is 0. The van der Waals surface area contributed by atoms with E-state index in [9.17, 15) is 0 Å². The van der Waals surface area contributed by atoms with Crippen LogP contribution in [0.3, 0.4) is 0 Å². The van der Waals surface area contributed by atoms with Crippen molar-refractivity contribution in [2.24, 2.45) is 5.92 Å². The molecule has 90 valence electrons. The van der Waals surface area contributed by atoms with Gasteiger partial charge in [0.2, 0.25) is 0 Å². The Morgan fingerprint density at radius 2 is 2.00 bits per heavy atom. The second kappa shape index (κ2) is 5.90.